The molecule has 4 atom stereocenters. The van der Waals surface area contributed by atoms with Gasteiger partial charge in [0.1, 0.15) is 0 Å². The molecule has 0 saturated carbocycles. The molecule has 0 aromatic heterocycles. The Morgan fingerprint density at radius 1 is 1.00 bits per heavy atom. The van der Waals surface area contributed by atoms with Crippen LogP contribution in [-0.4, -0.2) is 48.8 Å². The van der Waals surface area contributed by atoms with Gasteiger partial charge >= 0.3 is 0 Å². The molecule has 3 nitrogen and oxygen atoms in total. The molecular weight excluding hydrogens is 212 g/mol. The predicted molar refractivity (Wildman–Crippen MR) is 69.2 cm³/mol. The highest BCUT2D eigenvalue weighted by molar-refractivity contribution is 5.00. The van der Waals surface area contributed by atoms with Crippen LogP contribution in [0.25, 0.3) is 0 Å². The van der Waals surface area contributed by atoms with Gasteiger partial charge < -0.3 is 10.1 Å². The fraction of sp³-hybridized carbons (Fsp3) is 1.00. The summed E-state index contributed by atoms with van der Waals surface area (Å²) in [5.41, 5.74) is 0. The van der Waals surface area contributed by atoms with Crippen LogP contribution in [0.1, 0.15) is 45.4 Å². The molecule has 0 radical (unpaired) electrons. The first kappa shape index (κ1) is 11.9. The summed E-state index contributed by atoms with van der Waals surface area (Å²) in [6.07, 6.45) is 8.54. The molecule has 0 spiro atoms. The minimum Gasteiger partial charge on any atom is -0.378 e. The standard InChI is InChI=1S/C14H26N2O/c1-10-7-14(5-6-17-10)16-12-3-4-13(16)9-11(8-12)15-2/h10-15H,3-9H2,1-2H3. The minimum absolute atomic E-state index is 0.468. The summed E-state index contributed by atoms with van der Waals surface area (Å²) >= 11 is 0. The van der Waals surface area contributed by atoms with Gasteiger partial charge in [0.15, 0.2) is 0 Å². The van der Waals surface area contributed by atoms with Gasteiger partial charge in [-0.1, -0.05) is 0 Å². The van der Waals surface area contributed by atoms with Crippen LogP contribution >= 0.6 is 0 Å². The topological polar surface area (TPSA) is 24.5 Å². The highest BCUT2D eigenvalue weighted by atomic mass is 16.5. The Morgan fingerprint density at radius 2 is 1.65 bits per heavy atom. The van der Waals surface area contributed by atoms with Gasteiger partial charge in [-0.05, 0) is 52.5 Å². The molecule has 3 aliphatic heterocycles. The van der Waals surface area contributed by atoms with Crippen molar-refractivity contribution in [2.24, 2.45) is 0 Å². The Hall–Kier alpha value is -0.120. The third-order valence-corrected chi connectivity index (χ3v) is 5.08. The lowest BCUT2D eigenvalue weighted by molar-refractivity contribution is -0.0410. The van der Waals surface area contributed by atoms with Crippen LogP contribution in [0.3, 0.4) is 0 Å². The summed E-state index contributed by atoms with van der Waals surface area (Å²) in [4.78, 5) is 2.87. The van der Waals surface area contributed by atoms with Crippen molar-refractivity contribution in [2.75, 3.05) is 13.7 Å². The Labute approximate surface area is 105 Å². The zero-order valence-corrected chi connectivity index (χ0v) is 11.2. The fourth-order valence-electron chi connectivity index (χ4n) is 4.29. The van der Waals surface area contributed by atoms with Crippen molar-refractivity contribution in [2.45, 2.75) is 75.7 Å². The Balaban J connectivity index is 1.68. The highest BCUT2D eigenvalue weighted by Crippen LogP contribution is 2.39. The van der Waals surface area contributed by atoms with Gasteiger partial charge in [0.25, 0.3) is 0 Å². The number of hydrogen-bond acceptors (Lipinski definition) is 3. The summed E-state index contributed by atoms with van der Waals surface area (Å²) < 4.78 is 5.69. The molecule has 0 aromatic carbocycles. The van der Waals surface area contributed by atoms with E-state index in [-0.39, 0.29) is 0 Å². The maximum absolute atomic E-state index is 5.69. The molecular formula is C14H26N2O. The molecule has 3 aliphatic rings. The van der Waals surface area contributed by atoms with Crippen LogP contribution in [0.5, 0.6) is 0 Å². The van der Waals surface area contributed by atoms with Gasteiger partial charge in [-0.15, -0.1) is 0 Å². The molecule has 0 amide bonds. The molecule has 3 heterocycles. The minimum atomic E-state index is 0.468. The number of nitrogens with one attached hydrogen (secondary N) is 1. The van der Waals surface area contributed by atoms with Gasteiger partial charge in [-0.2, -0.15) is 0 Å². The predicted octanol–water partition coefficient (Wildman–Crippen LogP) is 1.77. The van der Waals surface area contributed by atoms with Crippen molar-refractivity contribution in [1.29, 1.82) is 0 Å². The second-order valence-electron chi connectivity index (χ2n) is 6.15. The largest absolute Gasteiger partial charge is 0.378 e. The van der Waals surface area contributed by atoms with E-state index in [1.165, 1.54) is 38.5 Å². The first-order valence-electron chi connectivity index (χ1n) is 7.34. The quantitative estimate of drug-likeness (QED) is 0.793. The number of piperidine rings is 1. The average molecular weight is 238 g/mol. The van der Waals surface area contributed by atoms with E-state index >= 15 is 0 Å². The smallest absolute Gasteiger partial charge is 0.0561 e. The second-order valence-corrected chi connectivity index (χ2v) is 6.15. The van der Waals surface area contributed by atoms with Crippen LogP contribution in [0, 0.1) is 0 Å². The molecule has 0 aliphatic carbocycles. The zero-order valence-electron chi connectivity index (χ0n) is 11.2. The fourth-order valence-corrected chi connectivity index (χ4v) is 4.29. The van der Waals surface area contributed by atoms with Gasteiger partial charge in [-0.25, -0.2) is 0 Å². The molecule has 17 heavy (non-hydrogen) atoms. The molecule has 4 unspecified atom stereocenters. The molecule has 3 fully saturated rings. The maximum atomic E-state index is 5.69. The van der Waals surface area contributed by atoms with E-state index in [1.54, 1.807) is 0 Å². The lowest BCUT2D eigenvalue weighted by Crippen LogP contribution is -2.54. The van der Waals surface area contributed by atoms with Crippen molar-refractivity contribution < 1.29 is 4.74 Å². The molecule has 0 aromatic rings. The van der Waals surface area contributed by atoms with E-state index in [4.69, 9.17) is 4.74 Å². The van der Waals surface area contributed by atoms with Crippen molar-refractivity contribution >= 4 is 0 Å². The number of ether oxygens (including phenoxy) is 1. The SMILES string of the molecule is CNC1CC2CCC(C1)N2C1CCOC(C)C1. The number of fused-ring (bicyclic) bond motifs is 2. The third kappa shape index (κ3) is 2.25. The van der Waals surface area contributed by atoms with E-state index in [9.17, 15) is 0 Å². The van der Waals surface area contributed by atoms with E-state index in [0.717, 1.165) is 30.8 Å². The van der Waals surface area contributed by atoms with E-state index < -0.39 is 0 Å². The van der Waals surface area contributed by atoms with E-state index in [1.807, 2.05) is 0 Å². The molecule has 3 heteroatoms. The van der Waals surface area contributed by atoms with Crippen molar-refractivity contribution in [1.82, 2.24) is 10.2 Å². The van der Waals surface area contributed by atoms with Crippen LogP contribution in [0.15, 0.2) is 0 Å². The maximum Gasteiger partial charge on any atom is 0.0561 e. The van der Waals surface area contributed by atoms with Crippen LogP contribution in [-0.2, 0) is 4.74 Å². The third-order valence-electron chi connectivity index (χ3n) is 5.08. The van der Waals surface area contributed by atoms with Gasteiger partial charge in [-0.3, -0.25) is 4.90 Å². The Bertz CT molecular complexity index is 257. The Morgan fingerprint density at radius 3 is 2.24 bits per heavy atom. The van der Waals surface area contributed by atoms with E-state index in [0.29, 0.717) is 6.10 Å². The number of rotatable bonds is 2. The molecule has 3 rings (SSSR count). The van der Waals surface area contributed by atoms with Crippen molar-refractivity contribution in [3.8, 4) is 0 Å². The average Bonchev–Trinajstić information content (AvgIpc) is 2.60. The molecule has 3 saturated heterocycles. The van der Waals surface area contributed by atoms with Crippen LogP contribution < -0.4 is 5.32 Å². The van der Waals surface area contributed by atoms with Crippen molar-refractivity contribution in [3.63, 3.8) is 0 Å². The molecule has 1 N–H and O–H groups in total. The summed E-state index contributed by atoms with van der Waals surface area (Å²) in [6.45, 7) is 3.20. The zero-order chi connectivity index (χ0) is 11.8. The summed E-state index contributed by atoms with van der Waals surface area (Å²) in [6, 6.07) is 3.26. The summed E-state index contributed by atoms with van der Waals surface area (Å²) in [5, 5.41) is 3.49. The second kappa shape index (κ2) is 4.87. The highest BCUT2D eigenvalue weighted by Gasteiger charge is 2.44. The first-order chi connectivity index (χ1) is 8.28. The van der Waals surface area contributed by atoms with Gasteiger partial charge in [0.2, 0.25) is 0 Å². The Kier molecular flexibility index (Phi) is 3.42. The van der Waals surface area contributed by atoms with Gasteiger partial charge in [0, 0.05) is 30.8 Å². The van der Waals surface area contributed by atoms with Crippen LogP contribution in [0.2, 0.25) is 0 Å². The van der Waals surface area contributed by atoms with Crippen LogP contribution in [0.4, 0.5) is 0 Å². The monoisotopic (exact) mass is 238 g/mol. The molecule has 98 valence electrons. The summed E-state index contributed by atoms with van der Waals surface area (Å²) in [7, 11) is 2.12. The van der Waals surface area contributed by atoms with Crippen molar-refractivity contribution in [3.05, 3.63) is 0 Å². The normalized spacial score (nSPS) is 47.3. The number of nitrogens with zero attached hydrogens (tertiary/aromatic N) is 1. The summed E-state index contributed by atoms with van der Waals surface area (Å²) in [5.74, 6) is 0. The lowest BCUT2D eigenvalue weighted by atomic mass is 9.92. The first-order valence-corrected chi connectivity index (χ1v) is 7.34. The van der Waals surface area contributed by atoms with E-state index in [2.05, 4.69) is 24.2 Å². The number of hydrogen-bond donors (Lipinski definition) is 1. The lowest BCUT2D eigenvalue weighted by Gasteiger charge is -2.45. The van der Waals surface area contributed by atoms with Gasteiger partial charge in [0.05, 0.1) is 6.10 Å². The molecule has 2 bridgehead atoms.